The highest BCUT2D eigenvalue weighted by molar-refractivity contribution is 5.84. The van der Waals surface area contributed by atoms with Gasteiger partial charge < -0.3 is 10.5 Å². The van der Waals surface area contributed by atoms with E-state index >= 15 is 0 Å². The lowest BCUT2D eigenvalue weighted by Crippen LogP contribution is -2.41. The molecule has 1 aromatic heterocycles. The van der Waals surface area contributed by atoms with Gasteiger partial charge in [0.2, 0.25) is 5.69 Å². The Labute approximate surface area is 189 Å². The molecule has 0 spiro atoms. The molecule has 0 saturated heterocycles. The number of ether oxygens (including phenoxy) is 1. The molecule has 10 nitrogen and oxygen atoms in total. The Bertz CT molecular complexity index is 1230. The molecule has 0 atom stereocenters. The first-order chi connectivity index (χ1) is 15.9. The van der Waals surface area contributed by atoms with E-state index in [0.717, 1.165) is 15.7 Å². The summed E-state index contributed by atoms with van der Waals surface area (Å²) in [5, 5.41) is 5.38. The largest absolute Gasteiger partial charge is 0.444 e. The number of carbonyl (C=O) groups is 1. The number of carbonyl (C=O) groups excluding carboxylic acids is 1. The van der Waals surface area contributed by atoms with Gasteiger partial charge >= 0.3 is 11.8 Å². The molecule has 3 N–H and O–H groups in total. The molecule has 0 saturated carbocycles. The third-order valence-electron chi connectivity index (χ3n) is 5.02. The first-order valence-electron chi connectivity index (χ1n) is 10.5. The summed E-state index contributed by atoms with van der Waals surface area (Å²) in [6.45, 7) is 2.30. The highest BCUT2D eigenvalue weighted by atomic mass is 16.5. The van der Waals surface area contributed by atoms with Crippen molar-refractivity contribution in [2.45, 2.75) is 39.5 Å². The van der Waals surface area contributed by atoms with Crippen molar-refractivity contribution in [2.75, 3.05) is 11.1 Å². The number of amides is 1. The lowest BCUT2D eigenvalue weighted by Gasteiger charge is -2.14. The fourth-order valence-corrected chi connectivity index (χ4v) is 3.30. The van der Waals surface area contributed by atoms with E-state index in [1.54, 1.807) is 24.3 Å². The highest BCUT2D eigenvalue weighted by Gasteiger charge is 2.17. The average molecular weight is 451 g/mol. The minimum atomic E-state index is -0.778. The maximum atomic E-state index is 12.7. The fourth-order valence-electron chi connectivity index (χ4n) is 3.30. The predicted molar refractivity (Wildman–Crippen MR) is 126 cm³/mol. The molecule has 0 radical (unpaired) electrons. The number of nitroso groups, excluding NO2 is 1. The number of hydrogen-bond acceptors (Lipinski definition) is 7. The van der Waals surface area contributed by atoms with Crippen LogP contribution < -0.4 is 22.3 Å². The lowest BCUT2D eigenvalue weighted by molar-refractivity contribution is 0.155. The molecule has 0 aliphatic rings. The average Bonchev–Trinajstić information content (AvgIpc) is 2.82. The summed E-state index contributed by atoms with van der Waals surface area (Å²) in [6, 6.07) is 16.3. The topological polar surface area (TPSA) is 138 Å². The minimum Gasteiger partial charge on any atom is -0.444 e. The van der Waals surface area contributed by atoms with Crippen molar-refractivity contribution in [1.82, 2.24) is 9.13 Å². The van der Waals surface area contributed by atoms with Crippen molar-refractivity contribution in [2.24, 2.45) is 5.18 Å². The van der Waals surface area contributed by atoms with Crippen LogP contribution in [0.2, 0.25) is 0 Å². The smallest absolute Gasteiger partial charge is 0.411 e. The van der Waals surface area contributed by atoms with Crippen LogP contribution in [-0.4, -0.2) is 15.2 Å². The Balaban J connectivity index is 1.64. The van der Waals surface area contributed by atoms with Gasteiger partial charge in [0, 0.05) is 18.8 Å². The second-order valence-corrected chi connectivity index (χ2v) is 7.35. The minimum absolute atomic E-state index is 0.156. The van der Waals surface area contributed by atoms with Crippen LogP contribution in [0.25, 0.3) is 0 Å². The number of anilines is 2. The number of aryl methyl sites for hydroxylation is 1. The summed E-state index contributed by atoms with van der Waals surface area (Å²) in [6.07, 6.45) is 0.378. The van der Waals surface area contributed by atoms with E-state index in [4.69, 9.17) is 10.5 Å². The Hall–Kier alpha value is -4.21. The van der Waals surface area contributed by atoms with Crippen LogP contribution >= 0.6 is 0 Å². The summed E-state index contributed by atoms with van der Waals surface area (Å²) in [4.78, 5) is 48.0. The van der Waals surface area contributed by atoms with Crippen LogP contribution in [0, 0.1) is 4.91 Å². The van der Waals surface area contributed by atoms with Crippen molar-refractivity contribution in [3.8, 4) is 0 Å². The van der Waals surface area contributed by atoms with E-state index in [1.807, 2.05) is 37.3 Å². The summed E-state index contributed by atoms with van der Waals surface area (Å²) >= 11 is 0. The van der Waals surface area contributed by atoms with Gasteiger partial charge in [0.15, 0.2) is 0 Å². The molecule has 1 heterocycles. The molecule has 1 amide bonds. The number of nitrogen functional groups attached to an aromatic ring is 1. The van der Waals surface area contributed by atoms with Gasteiger partial charge in [-0.2, -0.15) is 0 Å². The first-order valence-corrected chi connectivity index (χ1v) is 10.5. The molecule has 0 aliphatic heterocycles. The predicted octanol–water partition coefficient (Wildman–Crippen LogP) is 3.39. The molecule has 0 unspecified atom stereocenters. The molecule has 2 aromatic carbocycles. The van der Waals surface area contributed by atoms with Gasteiger partial charge in [-0.3, -0.25) is 19.2 Å². The van der Waals surface area contributed by atoms with E-state index in [9.17, 15) is 19.3 Å². The third-order valence-corrected chi connectivity index (χ3v) is 5.02. The van der Waals surface area contributed by atoms with E-state index in [1.165, 1.54) is 4.57 Å². The van der Waals surface area contributed by atoms with Crippen LogP contribution in [0.4, 0.5) is 22.0 Å². The lowest BCUT2D eigenvalue weighted by atomic mass is 10.1. The first kappa shape index (κ1) is 23.5. The van der Waals surface area contributed by atoms with E-state index < -0.39 is 23.0 Å². The van der Waals surface area contributed by atoms with Crippen molar-refractivity contribution in [3.63, 3.8) is 0 Å². The van der Waals surface area contributed by atoms with Gasteiger partial charge in [0.05, 0.1) is 0 Å². The third kappa shape index (κ3) is 5.73. The van der Waals surface area contributed by atoms with Crippen molar-refractivity contribution in [3.05, 3.63) is 91.5 Å². The zero-order valence-corrected chi connectivity index (χ0v) is 18.2. The number of nitrogens with two attached hydrogens (primary N) is 1. The van der Waals surface area contributed by atoms with Crippen LogP contribution in [-0.2, 0) is 30.9 Å². The fraction of sp³-hybridized carbons (Fsp3) is 0.261. The molecule has 0 aliphatic carbocycles. The molecule has 33 heavy (non-hydrogen) atoms. The SMILES string of the molecule is CCCn1c(=O)c(N=O)c(N)n(CCc2ccc(NC(=O)OCc3ccccc3)cc2)c1=O. The maximum Gasteiger partial charge on any atom is 0.411 e. The number of nitrogens with zero attached hydrogens (tertiary/aromatic N) is 3. The molecule has 10 heteroatoms. The van der Waals surface area contributed by atoms with Crippen LogP contribution in [0.5, 0.6) is 0 Å². The van der Waals surface area contributed by atoms with Crippen LogP contribution in [0.1, 0.15) is 24.5 Å². The molecular formula is C23H25N5O5. The monoisotopic (exact) mass is 451 g/mol. The summed E-state index contributed by atoms with van der Waals surface area (Å²) < 4.78 is 7.35. The van der Waals surface area contributed by atoms with Gasteiger partial charge in [-0.05, 0) is 41.3 Å². The van der Waals surface area contributed by atoms with Crippen molar-refractivity contribution >= 4 is 23.3 Å². The summed E-state index contributed by atoms with van der Waals surface area (Å²) in [5.74, 6) is -0.244. The summed E-state index contributed by atoms with van der Waals surface area (Å²) in [5.41, 5.74) is 6.35. The molecule has 3 rings (SSSR count). The Kier molecular flexibility index (Phi) is 7.74. The zero-order valence-electron chi connectivity index (χ0n) is 18.2. The van der Waals surface area contributed by atoms with Gasteiger partial charge in [0.25, 0.3) is 5.56 Å². The van der Waals surface area contributed by atoms with Gasteiger partial charge in [0.1, 0.15) is 12.4 Å². The van der Waals surface area contributed by atoms with Gasteiger partial charge in [-0.1, -0.05) is 49.4 Å². The number of aromatic nitrogens is 2. The Morgan fingerprint density at radius 2 is 1.70 bits per heavy atom. The van der Waals surface area contributed by atoms with Gasteiger partial charge in [-0.15, -0.1) is 4.91 Å². The molecule has 0 fully saturated rings. The quantitative estimate of drug-likeness (QED) is 0.478. The van der Waals surface area contributed by atoms with Crippen molar-refractivity contribution < 1.29 is 9.53 Å². The normalized spacial score (nSPS) is 10.6. The van der Waals surface area contributed by atoms with Crippen molar-refractivity contribution in [1.29, 1.82) is 0 Å². The van der Waals surface area contributed by atoms with Gasteiger partial charge in [-0.25, -0.2) is 9.59 Å². The van der Waals surface area contributed by atoms with Crippen LogP contribution in [0.3, 0.4) is 0 Å². The number of benzene rings is 2. The van der Waals surface area contributed by atoms with E-state index in [2.05, 4.69) is 10.5 Å². The highest BCUT2D eigenvalue weighted by Crippen LogP contribution is 2.16. The molecule has 0 bridgehead atoms. The standard InChI is InChI=1S/C23H25N5O5/c1-2-13-28-21(29)19(26-32)20(24)27(23(28)31)14-12-16-8-10-18(11-9-16)25-22(30)33-15-17-6-4-3-5-7-17/h3-11H,2,12-15,24H2,1H3,(H,25,30). The molecule has 172 valence electrons. The van der Waals surface area contributed by atoms with Crippen LogP contribution in [0.15, 0.2) is 69.4 Å². The Morgan fingerprint density at radius 1 is 1.00 bits per heavy atom. The number of rotatable bonds is 9. The second kappa shape index (κ2) is 10.9. The van der Waals surface area contributed by atoms with E-state index in [-0.39, 0.29) is 25.5 Å². The Morgan fingerprint density at radius 3 is 2.33 bits per heavy atom. The van der Waals surface area contributed by atoms with E-state index in [0.29, 0.717) is 18.5 Å². The molecular weight excluding hydrogens is 426 g/mol. The number of hydrogen-bond donors (Lipinski definition) is 2. The number of nitrogens with one attached hydrogen (secondary N) is 1. The zero-order chi connectivity index (χ0) is 23.8. The molecule has 3 aromatic rings. The second-order valence-electron chi connectivity index (χ2n) is 7.35. The summed E-state index contributed by atoms with van der Waals surface area (Å²) in [7, 11) is 0. The maximum absolute atomic E-state index is 12.7.